The van der Waals surface area contributed by atoms with Crippen LogP contribution in [0.3, 0.4) is 0 Å². The summed E-state index contributed by atoms with van der Waals surface area (Å²) in [5.74, 6) is 1.22. The van der Waals surface area contributed by atoms with Crippen molar-refractivity contribution in [2.24, 2.45) is 0 Å². The van der Waals surface area contributed by atoms with E-state index in [-0.39, 0.29) is 11.8 Å². The van der Waals surface area contributed by atoms with Gasteiger partial charge in [0.15, 0.2) is 0 Å². The zero-order valence-corrected chi connectivity index (χ0v) is 15.6. The number of nitrogens with zero attached hydrogens (tertiary/aromatic N) is 2. The van der Waals surface area contributed by atoms with Gasteiger partial charge >= 0.3 is 0 Å². The summed E-state index contributed by atoms with van der Waals surface area (Å²) in [6, 6.07) is 14.8. The minimum atomic E-state index is -0.484. The van der Waals surface area contributed by atoms with Gasteiger partial charge in [-0.25, -0.2) is 4.98 Å². The zero-order valence-electron chi connectivity index (χ0n) is 15.6. The number of aromatic amines is 1. The van der Waals surface area contributed by atoms with Crippen LogP contribution in [0.4, 0.5) is 0 Å². The van der Waals surface area contributed by atoms with Crippen LogP contribution < -0.4 is 10.1 Å². The van der Waals surface area contributed by atoms with Gasteiger partial charge in [-0.2, -0.15) is 0 Å². The molecular formula is C21H22N4O3. The van der Waals surface area contributed by atoms with Crippen LogP contribution in [0.1, 0.15) is 24.2 Å². The van der Waals surface area contributed by atoms with Gasteiger partial charge < -0.3 is 19.9 Å². The highest BCUT2D eigenvalue weighted by atomic mass is 16.5. The third-order valence-electron chi connectivity index (χ3n) is 5.03. The Hall–Kier alpha value is -3.35. The van der Waals surface area contributed by atoms with E-state index in [1.807, 2.05) is 48.5 Å². The van der Waals surface area contributed by atoms with Crippen molar-refractivity contribution in [2.45, 2.75) is 32.0 Å². The molecule has 2 aromatic carbocycles. The number of likely N-dealkylation sites (tertiary alicyclic amines) is 1. The average molecular weight is 378 g/mol. The Labute approximate surface area is 162 Å². The average Bonchev–Trinajstić information content (AvgIpc) is 3.30. The lowest BCUT2D eigenvalue weighted by molar-refractivity contribution is -0.135. The summed E-state index contributed by atoms with van der Waals surface area (Å²) in [5.41, 5.74) is 2.68. The lowest BCUT2D eigenvalue weighted by Gasteiger charge is -2.24. The molecule has 1 aliphatic heterocycles. The Balaban J connectivity index is 1.44. The minimum absolute atomic E-state index is 0.0187. The smallest absolute Gasteiger partial charge is 0.243 e. The molecule has 0 bridgehead atoms. The molecule has 0 spiro atoms. The molecule has 7 nitrogen and oxygen atoms in total. The molecule has 0 saturated carbocycles. The SMILES string of the molecule is COc1ccccc1CN1C(=O)CCC1C(=O)NCc1nc2ccccc2[nH]1. The first kappa shape index (κ1) is 18.0. The molecule has 1 fully saturated rings. The molecule has 7 heteroatoms. The summed E-state index contributed by atoms with van der Waals surface area (Å²) < 4.78 is 5.37. The Morgan fingerprint density at radius 3 is 2.86 bits per heavy atom. The first-order chi connectivity index (χ1) is 13.7. The van der Waals surface area contributed by atoms with E-state index < -0.39 is 6.04 Å². The molecule has 144 valence electrons. The van der Waals surface area contributed by atoms with E-state index in [1.54, 1.807) is 12.0 Å². The minimum Gasteiger partial charge on any atom is -0.496 e. The van der Waals surface area contributed by atoms with E-state index in [4.69, 9.17) is 4.74 Å². The largest absolute Gasteiger partial charge is 0.496 e. The van der Waals surface area contributed by atoms with Crippen molar-refractivity contribution in [3.8, 4) is 5.75 Å². The van der Waals surface area contributed by atoms with Gasteiger partial charge in [0, 0.05) is 12.0 Å². The van der Waals surface area contributed by atoms with Crippen molar-refractivity contribution in [2.75, 3.05) is 7.11 Å². The number of hydrogen-bond acceptors (Lipinski definition) is 4. The second-order valence-electron chi connectivity index (χ2n) is 6.81. The Kier molecular flexibility index (Phi) is 4.97. The van der Waals surface area contributed by atoms with Gasteiger partial charge in [-0.15, -0.1) is 0 Å². The van der Waals surface area contributed by atoms with Crippen LogP contribution in [0.5, 0.6) is 5.75 Å². The number of hydrogen-bond donors (Lipinski definition) is 2. The normalized spacial score (nSPS) is 16.5. The van der Waals surface area contributed by atoms with E-state index in [0.29, 0.717) is 37.5 Å². The number of carbonyl (C=O) groups excluding carboxylic acids is 2. The highest BCUT2D eigenvalue weighted by Gasteiger charge is 2.36. The van der Waals surface area contributed by atoms with Crippen molar-refractivity contribution in [1.82, 2.24) is 20.2 Å². The summed E-state index contributed by atoms with van der Waals surface area (Å²) >= 11 is 0. The predicted molar refractivity (Wildman–Crippen MR) is 105 cm³/mol. The monoisotopic (exact) mass is 378 g/mol. The molecule has 1 unspecified atom stereocenters. The molecule has 1 aromatic heterocycles. The van der Waals surface area contributed by atoms with Crippen LogP contribution >= 0.6 is 0 Å². The first-order valence-electron chi connectivity index (χ1n) is 9.28. The third kappa shape index (κ3) is 3.55. The van der Waals surface area contributed by atoms with Crippen LogP contribution in [-0.4, -0.2) is 39.8 Å². The number of para-hydroxylation sites is 3. The number of methoxy groups -OCH3 is 1. The van der Waals surface area contributed by atoms with Crippen LogP contribution in [0, 0.1) is 0 Å². The number of amides is 2. The number of rotatable bonds is 6. The molecule has 28 heavy (non-hydrogen) atoms. The van der Waals surface area contributed by atoms with Crippen molar-refractivity contribution in [1.29, 1.82) is 0 Å². The number of H-pyrrole nitrogens is 1. The third-order valence-corrected chi connectivity index (χ3v) is 5.03. The van der Waals surface area contributed by atoms with E-state index in [1.165, 1.54) is 0 Å². The van der Waals surface area contributed by atoms with Crippen LogP contribution in [0.2, 0.25) is 0 Å². The number of aromatic nitrogens is 2. The lowest BCUT2D eigenvalue weighted by Crippen LogP contribution is -2.44. The fraction of sp³-hybridized carbons (Fsp3) is 0.286. The van der Waals surface area contributed by atoms with Crippen molar-refractivity contribution in [3.05, 3.63) is 59.9 Å². The van der Waals surface area contributed by atoms with E-state index in [9.17, 15) is 9.59 Å². The summed E-state index contributed by atoms with van der Waals surface area (Å²) in [5, 5.41) is 2.91. The molecule has 0 aliphatic carbocycles. The summed E-state index contributed by atoms with van der Waals surface area (Å²) in [4.78, 5) is 34.4. The van der Waals surface area contributed by atoms with Crippen LogP contribution in [-0.2, 0) is 22.7 Å². The van der Waals surface area contributed by atoms with Crippen molar-refractivity contribution in [3.63, 3.8) is 0 Å². The molecule has 4 rings (SSSR count). The first-order valence-corrected chi connectivity index (χ1v) is 9.28. The second kappa shape index (κ2) is 7.72. The van der Waals surface area contributed by atoms with Gasteiger partial charge in [-0.3, -0.25) is 9.59 Å². The molecular weight excluding hydrogens is 356 g/mol. The molecule has 0 radical (unpaired) electrons. The van der Waals surface area contributed by atoms with Crippen LogP contribution in [0.15, 0.2) is 48.5 Å². The fourth-order valence-electron chi connectivity index (χ4n) is 3.60. The number of carbonyl (C=O) groups is 2. The van der Waals surface area contributed by atoms with E-state index >= 15 is 0 Å². The van der Waals surface area contributed by atoms with E-state index in [0.717, 1.165) is 16.6 Å². The van der Waals surface area contributed by atoms with E-state index in [2.05, 4.69) is 15.3 Å². The number of nitrogens with one attached hydrogen (secondary N) is 2. The second-order valence-corrected chi connectivity index (χ2v) is 6.81. The molecule has 2 N–H and O–H groups in total. The number of ether oxygens (including phenoxy) is 1. The van der Waals surface area contributed by atoms with Gasteiger partial charge in [0.2, 0.25) is 11.8 Å². The summed E-state index contributed by atoms with van der Waals surface area (Å²) in [7, 11) is 1.60. The Bertz CT molecular complexity index is 981. The highest BCUT2D eigenvalue weighted by molar-refractivity contribution is 5.91. The molecule has 1 aliphatic rings. The van der Waals surface area contributed by atoms with Crippen LogP contribution in [0.25, 0.3) is 11.0 Å². The highest BCUT2D eigenvalue weighted by Crippen LogP contribution is 2.26. The summed E-state index contributed by atoms with van der Waals surface area (Å²) in [6.07, 6.45) is 0.887. The zero-order chi connectivity index (χ0) is 19.5. The molecule has 3 aromatic rings. The maximum absolute atomic E-state index is 12.8. The summed E-state index contributed by atoms with van der Waals surface area (Å²) in [6.45, 7) is 0.645. The Morgan fingerprint density at radius 2 is 2.04 bits per heavy atom. The Morgan fingerprint density at radius 1 is 1.25 bits per heavy atom. The lowest BCUT2D eigenvalue weighted by atomic mass is 10.1. The molecule has 2 amide bonds. The molecule has 1 saturated heterocycles. The molecule has 1 atom stereocenters. The fourth-order valence-corrected chi connectivity index (χ4v) is 3.60. The number of imidazole rings is 1. The molecule has 2 heterocycles. The van der Waals surface area contributed by atoms with Crippen molar-refractivity contribution < 1.29 is 14.3 Å². The standard InChI is InChI=1S/C21H22N4O3/c1-28-18-9-5-2-6-14(18)13-25-17(10-11-20(25)26)21(27)22-12-19-23-15-7-3-4-8-16(15)24-19/h2-9,17H,10-13H2,1H3,(H,22,27)(H,23,24). The maximum Gasteiger partial charge on any atom is 0.243 e. The van der Waals surface area contributed by atoms with Gasteiger partial charge in [-0.05, 0) is 24.6 Å². The predicted octanol–water partition coefficient (Wildman–Crippen LogP) is 2.38. The van der Waals surface area contributed by atoms with Gasteiger partial charge in [0.25, 0.3) is 0 Å². The van der Waals surface area contributed by atoms with Gasteiger partial charge in [0.05, 0.1) is 31.2 Å². The van der Waals surface area contributed by atoms with Crippen molar-refractivity contribution >= 4 is 22.8 Å². The number of fused-ring (bicyclic) bond motifs is 1. The topological polar surface area (TPSA) is 87.3 Å². The number of benzene rings is 2. The van der Waals surface area contributed by atoms with Gasteiger partial charge in [-0.1, -0.05) is 30.3 Å². The van der Waals surface area contributed by atoms with Gasteiger partial charge in [0.1, 0.15) is 17.6 Å². The quantitative estimate of drug-likeness (QED) is 0.689. The maximum atomic E-state index is 12.8.